The van der Waals surface area contributed by atoms with Gasteiger partial charge in [0.25, 0.3) is 5.91 Å². The normalized spacial score (nSPS) is 13.5. The molecule has 49 heavy (non-hydrogen) atoms. The molecule has 2 aromatic rings. The van der Waals surface area contributed by atoms with Gasteiger partial charge < -0.3 is 40.1 Å². The molecule has 270 valence electrons. The van der Waals surface area contributed by atoms with Crippen LogP contribution in [0.25, 0.3) is 16.1 Å². The minimum absolute atomic E-state index is 0.113. The summed E-state index contributed by atoms with van der Waals surface area (Å²) in [4.78, 5) is 38.7. The van der Waals surface area contributed by atoms with Gasteiger partial charge in [0.1, 0.15) is 6.54 Å². The number of carbonyl (C=O) groups is 3. The van der Waals surface area contributed by atoms with E-state index >= 15 is 0 Å². The minimum atomic E-state index is -0.530. The van der Waals surface area contributed by atoms with Gasteiger partial charge in [0.2, 0.25) is 5.91 Å². The molecule has 0 fully saturated rings. The number of hydrogen-bond acceptors (Lipinski definition) is 11. The smallest absolute Gasteiger partial charge is 0.250 e. The summed E-state index contributed by atoms with van der Waals surface area (Å²) in [5.41, 5.74) is 17.7. The molecule has 0 atom stereocenters. The number of nitrogens with one attached hydrogen (secondary N) is 2. The van der Waals surface area contributed by atoms with E-state index in [0.29, 0.717) is 121 Å². The Bertz CT molecular complexity index is 1420. The lowest BCUT2D eigenvalue weighted by atomic mass is 9.75. The molecule has 16 heteroatoms. The maximum Gasteiger partial charge on any atom is 0.250 e. The van der Waals surface area contributed by atoms with Crippen LogP contribution in [-0.4, -0.2) is 113 Å². The molecular weight excluding hydrogens is 636 g/mol. The number of hydrogen-bond donors (Lipinski definition) is 3. The number of nitrogens with zero attached hydrogens (tertiary/aromatic N) is 5. The number of nitrogens with two attached hydrogens (primary N) is 1. The quantitative estimate of drug-likeness (QED) is 0.0600. The van der Waals surface area contributed by atoms with Crippen LogP contribution in [0.5, 0.6) is 0 Å². The molecule has 0 radical (unpaired) electrons. The van der Waals surface area contributed by atoms with E-state index in [-0.39, 0.29) is 23.7 Å². The molecule has 4 N–H and O–H groups in total. The molecule has 1 aliphatic carbocycles. The standard InChI is InChI=1S/C33H50N8O8/c1-24-31-28(21-33(2,3)22-29(31)42)41(39-24)25-6-7-26(32(34)44)27(20-25)36-8-4-10-45-12-14-47-16-18-49-19-17-48-15-13-46-11-5-9-37-30(43)23-38-40-35/h6-7,20,36H,4-5,8-19,21-23H2,1-3H3,(H2,34,44)(H,37,43). The Morgan fingerprint density at radius 2 is 1.51 bits per heavy atom. The number of aryl methyl sites for hydroxylation is 1. The Labute approximate surface area is 286 Å². The van der Waals surface area contributed by atoms with Crippen LogP contribution in [-0.2, 0) is 34.9 Å². The van der Waals surface area contributed by atoms with Gasteiger partial charge in [-0.15, -0.1) is 0 Å². The van der Waals surface area contributed by atoms with Gasteiger partial charge >= 0.3 is 0 Å². The van der Waals surface area contributed by atoms with E-state index in [1.54, 1.807) is 12.1 Å². The topological polar surface area (TPSA) is 214 Å². The summed E-state index contributed by atoms with van der Waals surface area (Å²) in [6, 6.07) is 5.34. The highest BCUT2D eigenvalue weighted by Gasteiger charge is 2.35. The zero-order valence-electron chi connectivity index (χ0n) is 28.8. The van der Waals surface area contributed by atoms with Crippen LogP contribution in [0, 0.1) is 12.3 Å². The maximum absolute atomic E-state index is 12.8. The Hall–Kier alpha value is -4.05. The van der Waals surface area contributed by atoms with Crippen molar-refractivity contribution in [2.75, 3.05) is 91.0 Å². The first-order valence-electron chi connectivity index (χ1n) is 16.6. The number of fused-ring (bicyclic) bond motifs is 1. The van der Waals surface area contributed by atoms with Gasteiger partial charge in [-0.25, -0.2) is 4.68 Å². The van der Waals surface area contributed by atoms with E-state index in [0.717, 1.165) is 17.8 Å². The number of carbonyl (C=O) groups excluding carboxylic acids is 3. The monoisotopic (exact) mass is 686 g/mol. The predicted octanol–water partition coefficient (Wildman–Crippen LogP) is 3.14. The average molecular weight is 687 g/mol. The summed E-state index contributed by atoms with van der Waals surface area (Å²) in [6.45, 7) is 11.4. The van der Waals surface area contributed by atoms with Crippen molar-refractivity contribution in [2.45, 2.75) is 46.5 Å². The van der Waals surface area contributed by atoms with Gasteiger partial charge in [-0.3, -0.25) is 14.4 Å². The summed E-state index contributed by atoms with van der Waals surface area (Å²) in [5.74, 6) is -0.729. The van der Waals surface area contributed by atoms with E-state index in [2.05, 4.69) is 39.6 Å². The first-order chi connectivity index (χ1) is 23.6. The van der Waals surface area contributed by atoms with E-state index in [9.17, 15) is 14.4 Å². The highest BCUT2D eigenvalue weighted by molar-refractivity contribution is 6.00. The SMILES string of the molecule is Cc1nn(-c2ccc(C(N)=O)c(NCCCOCCOCCOCCOCCOCCCNC(=O)CN=[N+]=[N-])c2)c2c1C(=O)CC(C)(C)C2. The molecule has 0 saturated heterocycles. The fraction of sp³-hybridized carbons (Fsp3) is 0.636. The van der Waals surface area contributed by atoms with Crippen LogP contribution >= 0.6 is 0 Å². The lowest BCUT2D eigenvalue weighted by Gasteiger charge is -2.29. The largest absolute Gasteiger partial charge is 0.384 e. The molecule has 16 nitrogen and oxygen atoms in total. The van der Waals surface area contributed by atoms with E-state index in [1.807, 2.05) is 17.7 Å². The van der Waals surface area contributed by atoms with E-state index in [4.69, 9.17) is 34.9 Å². The summed E-state index contributed by atoms with van der Waals surface area (Å²) in [7, 11) is 0. The molecule has 2 amide bonds. The zero-order valence-corrected chi connectivity index (χ0v) is 28.8. The molecule has 1 aromatic heterocycles. The first-order valence-corrected chi connectivity index (χ1v) is 16.6. The number of ketones is 1. The molecule has 0 bridgehead atoms. The molecular formula is C33H50N8O8. The Morgan fingerprint density at radius 1 is 0.939 bits per heavy atom. The number of ether oxygens (including phenoxy) is 5. The number of benzene rings is 1. The molecule has 0 aliphatic heterocycles. The predicted molar refractivity (Wildman–Crippen MR) is 182 cm³/mol. The molecule has 3 rings (SSSR count). The van der Waals surface area contributed by atoms with Crippen molar-refractivity contribution < 1.29 is 38.1 Å². The van der Waals surface area contributed by atoms with Gasteiger partial charge in [0, 0.05) is 43.3 Å². The number of anilines is 1. The summed E-state index contributed by atoms with van der Waals surface area (Å²) in [5, 5.41) is 13.8. The number of rotatable bonds is 25. The third kappa shape index (κ3) is 13.8. The van der Waals surface area contributed by atoms with Crippen LogP contribution in [0.15, 0.2) is 23.3 Å². The zero-order chi connectivity index (χ0) is 35.5. The van der Waals surface area contributed by atoms with E-state index < -0.39 is 5.91 Å². The molecule has 0 unspecified atom stereocenters. The molecule has 1 heterocycles. The Balaban J connectivity index is 1.21. The van der Waals surface area contributed by atoms with Crippen molar-refractivity contribution in [3.8, 4) is 5.69 Å². The maximum atomic E-state index is 12.8. The first kappa shape index (κ1) is 39.4. The summed E-state index contributed by atoms with van der Waals surface area (Å²) in [6.07, 6.45) is 2.58. The number of amides is 2. The van der Waals surface area contributed by atoms with Crippen LogP contribution in [0.1, 0.15) is 65.2 Å². The average Bonchev–Trinajstić information content (AvgIpc) is 3.39. The van der Waals surface area contributed by atoms with Gasteiger partial charge in [0.05, 0.1) is 81.1 Å². The van der Waals surface area contributed by atoms with Gasteiger partial charge in [0.15, 0.2) is 5.78 Å². The highest BCUT2D eigenvalue weighted by Crippen LogP contribution is 2.37. The lowest BCUT2D eigenvalue weighted by Crippen LogP contribution is -2.28. The van der Waals surface area contributed by atoms with Crippen LogP contribution < -0.4 is 16.4 Å². The van der Waals surface area contributed by atoms with Gasteiger partial charge in [-0.1, -0.05) is 19.0 Å². The van der Waals surface area contributed by atoms with E-state index in [1.165, 1.54) is 0 Å². The van der Waals surface area contributed by atoms with Crippen molar-refractivity contribution in [2.24, 2.45) is 16.3 Å². The third-order valence-corrected chi connectivity index (χ3v) is 7.57. The number of Topliss-reactive ketones (excluding diaryl/α,β-unsaturated/α-hetero) is 1. The van der Waals surface area contributed by atoms with Gasteiger partial charge in [-0.2, -0.15) is 5.10 Å². The second kappa shape index (κ2) is 21.1. The van der Waals surface area contributed by atoms with Crippen LogP contribution in [0.2, 0.25) is 0 Å². The van der Waals surface area contributed by atoms with Crippen molar-refractivity contribution >= 4 is 23.3 Å². The molecule has 0 spiro atoms. The summed E-state index contributed by atoms with van der Waals surface area (Å²) >= 11 is 0. The molecule has 1 aliphatic rings. The van der Waals surface area contributed by atoms with Crippen LogP contribution in [0.3, 0.4) is 0 Å². The minimum Gasteiger partial charge on any atom is -0.384 e. The lowest BCUT2D eigenvalue weighted by molar-refractivity contribution is -0.119. The van der Waals surface area contributed by atoms with Crippen molar-refractivity contribution in [3.05, 3.63) is 51.2 Å². The summed E-state index contributed by atoms with van der Waals surface area (Å²) < 4.78 is 29.4. The number of aromatic nitrogens is 2. The Morgan fingerprint density at radius 3 is 2.08 bits per heavy atom. The number of azide groups is 1. The highest BCUT2D eigenvalue weighted by atomic mass is 16.6. The van der Waals surface area contributed by atoms with Crippen molar-refractivity contribution in [3.63, 3.8) is 0 Å². The fourth-order valence-electron chi connectivity index (χ4n) is 5.31. The fourth-order valence-corrected chi connectivity index (χ4v) is 5.31. The van der Waals surface area contributed by atoms with Crippen molar-refractivity contribution in [1.29, 1.82) is 0 Å². The second-order valence-electron chi connectivity index (χ2n) is 12.3. The second-order valence-corrected chi connectivity index (χ2v) is 12.3. The molecule has 0 saturated carbocycles. The third-order valence-electron chi connectivity index (χ3n) is 7.57. The molecule has 1 aromatic carbocycles. The van der Waals surface area contributed by atoms with Gasteiger partial charge in [-0.05, 0) is 55.3 Å². The Kier molecular flexibility index (Phi) is 17.0. The van der Waals surface area contributed by atoms with Crippen molar-refractivity contribution in [1.82, 2.24) is 15.1 Å². The van der Waals surface area contributed by atoms with Crippen LogP contribution in [0.4, 0.5) is 5.69 Å². The number of primary amides is 1.